The van der Waals surface area contributed by atoms with Crippen molar-refractivity contribution in [2.45, 2.75) is 26.7 Å². The lowest BCUT2D eigenvalue weighted by Crippen LogP contribution is -2.38. The van der Waals surface area contributed by atoms with E-state index in [0.717, 1.165) is 24.5 Å². The number of hydrogen-bond acceptors (Lipinski definition) is 2. The first-order valence-corrected chi connectivity index (χ1v) is 10.5. The number of carbonyl (C=O) groups excluding carboxylic acids is 1. The zero-order valence-corrected chi connectivity index (χ0v) is 18.0. The van der Waals surface area contributed by atoms with Gasteiger partial charge in [0.2, 0.25) is 0 Å². The number of nitrogens with zero attached hydrogens (tertiary/aromatic N) is 2. The van der Waals surface area contributed by atoms with Crippen LogP contribution in [0.5, 0.6) is 5.75 Å². The van der Waals surface area contributed by atoms with E-state index < -0.39 is 11.6 Å². The normalized spacial score (nSPS) is 14.7. The molecular formula is C25H26F2N2O2. The van der Waals surface area contributed by atoms with Crippen LogP contribution in [-0.4, -0.2) is 35.6 Å². The molecule has 0 saturated carbocycles. The van der Waals surface area contributed by atoms with Crippen molar-refractivity contribution in [3.8, 4) is 22.7 Å². The van der Waals surface area contributed by atoms with E-state index in [4.69, 9.17) is 4.74 Å². The van der Waals surface area contributed by atoms with Gasteiger partial charge in [0, 0.05) is 24.8 Å². The van der Waals surface area contributed by atoms with Crippen LogP contribution in [0, 0.1) is 24.5 Å². The Morgan fingerprint density at radius 1 is 1.03 bits per heavy atom. The van der Waals surface area contributed by atoms with E-state index in [-0.39, 0.29) is 11.6 Å². The highest BCUT2D eigenvalue weighted by molar-refractivity contribution is 5.97. The molecule has 31 heavy (non-hydrogen) atoms. The van der Waals surface area contributed by atoms with Crippen LogP contribution in [0.15, 0.2) is 48.5 Å². The minimum absolute atomic E-state index is 0.0552. The Kier molecular flexibility index (Phi) is 5.81. The summed E-state index contributed by atoms with van der Waals surface area (Å²) in [6.45, 7) is 5.43. The van der Waals surface area contributed by atoms with Gasteiger partial charge in [-0.25, -0.2) is 8.78 Å². The van der Waals surface area contributed by atoms with Crippen LogP contribution in [0.4, 0.5) is 8.78 Å². The molecule has 1 aliphatic rings. The van der Waals surface area contributed by atoms with E-state index >= 15 is 0 Å². The van der Waals surface area contributed by atoms with E-state index in [2.05, 4.69) is 6.92 Å². The summed E-state index contributed by atoms with van der Waals surface area (Å²) in [6.07, 6.45) is 1.95. The predicted octanol–water partition coefficient (Wildman–Crippen LogP) is 5.61. The van der Waals surface area contributed by atoms with Crippen molar-refractivity contribution in [1.82, 2.24) is 9.47 Å². The van der Waals surface area contributed by atoms with Crippen LogP contribution in [0.3, 0.4) is 0 Å². The van der Waals surface area contributed by atoms with Gasteiger partial charge in [-0.15, -0.1) is 0 Å². The van der Waals surface area contributed by atoms with Gasteiger partial charge < -0.3 is 14.2 Å². The summed E-state index contributed by atoms with van der Waals surface area (Å²) < 4.78 is 35.2. The van der Waals surface area contributed by atoms with Crippen molar-refractivity contribution in [3.63, 3.8) is 0 Å². The van der Waals surface area contributed by atoms with E-state index in [0.29, 0.717) is 41.7 Å². The average Bonchev–Trinajstić information content (AvgIpc) is 3.11. The number of halogens is 2. The molecule has 4 nitrogen and oxygen atoms in total. The molecule has 0 aliphatic carbocycles. The average molecular weight is 424 g/mol. The first-order valence-electron chi connectivity index (χ1n) is 10.5. The molecule has 1 fully saturated rings. The second-order valence-corrected chi connectivity index (χ2v) is 8.16. The monoisotopic (exact) mass is 424 g/mol. The molecule has 3 aromatic rings. The summed E-state index contributed by atoms with van der Waals surface area (Å²) in [4.78, 5) is 15.2. The van der Waals surface area contributed by atoms with Crippen molar-refractivity contribution >= 4 is 5.91 Å². The zero-order chi connectivity index (χ0) is 22.1. The van der Waals surface area contributed by atoms with Crippen LogP contribution in [0.25, 0.3) is 16.9 Å². The second-order valence-electron chi connectivity index (χ2n) is 8.16. The van der Waals surface area contributed by atoms with E-state index in [1.807, 2.05) is 29.2 Å². The minimum Gasteiger partial charge on any atom is -0.497 e. The van der Waals surface area contributed by atoms with E-state index in [1.165, 1.54) is 12.1 Å². The number of aromatic nitrogens is 1. The minimum atomic E-state index is -0.681. The lowest BCUT2D eigenvalue weighted by molar-refractivity contribution is 0.0696. The molecule has 0 bridgehead atoms. The van der Waals surface area contributed by atoms with Crippen molar-refractivity contribution in [2.24, 2.45) is 5.92 Å². The Balaban J connectivity index is 1.84. The highest BCUT2D eigenvalue weighted by Crippen LogP contribution is 2.33. The molecule has 0 spiro atoms. The summed E-state index contributed by atoms with van der Waals surface area (Å²) in [5.41, 5.74) is 2.83. The van der Waals surface area contributed by atoms with Gasteiger partial charge >= 0.3 is 0 Å². The first-order chi connectivity index (χ1) is 14.9. The van der Waals surface area contributed by atoms with Crippen molar-refractivity contribution in [3.05, 3.63) is 71.4 Å². The van der Waals surface area contributed by atoms with Crippen LogP contribution in [0.1, 0.15) is 35.8 Å². The second kappa shape index (κ2) is 8.53. The van der Waals surface area contributed by atoms with Gasteiger partial charge in [0.25, 0.3) is 5.91 Å². The van der Waals surface area contributed by atoms with Crippen LogP contribution in [-0.2, 0) is 0 Å². The van der Waals surface area contributed by atoms with Gasteiger partial charge in [-0.1, -0.05) is 6.92 Å². The maximum absolute atomic E-state index is 14.8. The molecule has 162 valence electrons. The molecule has 0 atom stereocenters. The molecule has 4 rings (SSSR count). The van der Waals surface area contributed by atoms with E-state index in [1.54, 1.807) is 24.7 Å². The number of carbonyl (C=O) groups is 1. The number of rotatable bonds is 4. The Labute approximate surface area is 181 Å². The molecule has 2 aromatic carbocycles. The Bertz CT molecular complexity index is 1100. The molecule has 1 aromatic heterocycles. The number of benzene rings is 2. The number of hydrogen-bond donors (Lipinski definition) is 0. The molecular weight excluding hydrogens is 398 g/mol. The molecule has 2 heterocycles. The van der Waals surface area contributed by atoms with Crippen LogP contribution < -0.4 is 4.74 Å². The number of amides is 1. The first kappa shape index (κ1) is 21.1. The Morgan fingerprint density at radius 3 is 2.32 bits per heavy atom. The van der Waals surface area contributed by atoms with Gasteiger partial charge in [0.1, 0.15) is 17.4 Å². The Morgan fingerprint density at radius 2 is 1.71 bits per heavy atom. The summed E-state index contributed by atoms with van der Waals surface area (Å²) >= 11 is 0. The number of likely N-dealkylation sites (tertiary alicyclic amines) is 1. The van der Waals surface area contributed by atoms with Gasteiger partial charge in [-0.2, -0.15) is 0 Å². The zero-order valence-electron chi connectivity index (χ0n) is 18.0. The molecule has 0 unspecified atom stereocenters. The highest BCUT2D eigenvalue weighted by atomic mass is 19.1. The number of piperidine rings is 1. The Hall–Kier alpha value is -3.15. The lowest BCUT2D eigenvalue weighted by Gasteiger charge is -2.30. The van der Waals surface area contributed by atoms with Gasteiger partial charge in [-0.05, 0) is 73.7 Å². The quantitative estimate of drug-likeness (QED) is 0.545. The molecule has 1 aliphatic heterocycles. The molecule has 6 heteroatoms. The van der Waals surface area contributed by atoms with Crippen LogP contribution >= 0.6 is 0 Å². The highest BCUT2D eigenvalue weighted by Gasteiger charge is 2.27. The number of ether oxygens (including phenoxy) is 1. The van der Waals surface area contributed by atoms with Crippen LogP contribution in [0.2, 0.25) is 0 Å². The third kappa shape index (κ3) is 4.07. The fourth-order valence-electron chi connectivity index (χ4n) is 4.15. The number of methoxy groups -OCH3 is 1. The maximum atomic E-state index is 14.8. The third-order valence-corrected chi connectivity index (χ3v) is 6.08. The fraction of sp³-hybridized carbons (Fsp3) is 0.320. The maximum Gasteiger partial charge on any atom is 0.255 e. The fourth-order valence-corrected chi connectivity index (χ4v) is 4.15. The standard InChI is InChI=1S/C25H26F2N2O2/c1-16-10-12-28(13-11-16)25(30)21-15-24(18-4-7-20(31-3)8-5-18)29(17(21)2)23-9-6-19(26)14-22(23)27/h4-9,14-16H,10-13H2,1-3H3. The third-order valence-electron chi connectivity index (χ3n) is 6.08. The smallest absolute Gasteiger partial charge is 0.255 e. The van der Waals surface area contributed by atoms with Gasteiger partial charge in [-0.3, -0.25) is 4.79 Å². The lowest BCUT2D eigenvalue weighted by atomic mass is 9.98. The summed E-state index contributed by atoms with van der Waals surface area (Å²) in [6, 6.07) is 12.7. The van der Waals surface area contributed by atoms with Crippen molar-refractivity contribution in [1.29, 1.82) is 0 Å². The summed E-state index contributed by atoms with van der Waals surface area (Å²) in [7, 11) is 1.59. The topological polar surface area (TPSA) is 34.5 Å². The SMILES string of the molecule is COc1ccc(-c2cc(C(=O)N3CCC(C)CC3)c(C)n2-c2ccc(F)cc2F)cc1. The largest absolute Gasteiger partial charge is 0.497 e. The molecule has 1 saturated heterocycles. The summed E-state index contributed by atoms with van der Waals surface area (Å²) in [5, 5.41) is 0. The van der Waals surface area contributed by atoms with Crippen molar-refractivity contribution < 1.29 is 18.3 Å². The molecule has 1 amide bonds. The summed E-state index contributed by atoms with van der Waals surface area (Å²) in [5.74, 6) is -0.0707. The van der Waals surface area contributed by atoms with Gasteiger partial charge in [0.15, 0.2) is 0 Å². The van der Waals surface area contributed by atoms with Crippen molar-refractivity contribution in [2.75, 3.05) is 20.2 Å². The van der Waals surface area contributed by atoms with E-state index in [9.17, 15) is 13.6 Å². The molecule has 0 N–H and O–H groups in total. The van der Waals surface area contributed by atoms with Gasteiger partial charge in [0.05, 0.1) is 24.1 Å². The predicted molar refractivity (Wildman–Crippen MR) is 117 cm³/mol. The molecule has 0 radical (unpaired) electrons.